The van der Waals surface area contributed by atoms with Gasteiger partial charge < -0.3 is 15.8 Å². The molecule has 136 valence electrons. The van der Waals surface area contributed by atoms with E-state index < -0.39 is 11.7 Å². The van der Waals surface area contributed by atoms with Crippen LogP contribution in [0, 0.1) is 0 Å². The molecule has 0 radical (unpaired) electrons. The molecule has 4 N–H and O–H groups in total. The molecule has 6 nitrogen and oxygen atoms in total. The fourth-order valence-corrected chi connectivity index (χ4v) is 2.74. The van der Waals surface area contributed by atoms with Gasteiger partial charge in [-0.05, 0) is 29.8 Å². The highest BCUT2D eigenvalue weighted by Crippen LogP contribution is 2.43. The minimum atomic E-state index is -4.62. The number of hydrogen-bond donors (Lipinski definition) is 3. The number of halogens is 4. The standard InChI is InChI=1S/C16H13ClF3N5O/c1-26-10-4-2-8(3-5-10)13-11(16(18,19)20)6-9(7-12(13)17)22-15-23-14(21)24-25-15/h2-7H,1H3,(H4,21,22,23,24,25). The molecule has 2 aromatic carbocycles. The fourth-order valence-electron chi connectivity index (χ4n) is 2.41. The Kier molecular flexibility index (Phi) is 4.64. The van der Waals surface area contributed by atoms with Crippen molar-refractivity contribution in [2.24, 2.45) is 0 Å². The average Bonchev–Trinajstić information content (AvgIpc) is 2.98. The van der Waals surface area contributed by atoms with Gasteiger partial charge in [0.15, 0.2) is 0 Å². The van der Waals surface area contributed by atoms with Crippen LogP contribution in [0.1, 0.15) is 5.56 Å². The summed E-state index contributed by atoms with van der Waals surface area (Å²) in [5.41, 5.74) is 4.79. The van der Waals surface area contributed by atoms with Crippen LogP contribution in [0.15, 0.2) is 36.4 Å². The molecule has 3 rings (SSSR count). The monoisotopic (exact) mass is 383 g/mol. The summed E-state index contributed by atoms with van der Waals surface area (Å²) in [6, 6.07) is 8.46. The number of nitrogens with zero attached hydrogens (tertiary/aromatic N) is 2. The minimum Gasteiger partial charge on any atom is -0.497 e. The molecule has 0 aliphatic carbocycles. The van der Waals surface area contributed by atoms with E-state index in [0.717, 1.165) is 6.07 Å². The van der Waals surface area contributed by atoms with Crippen LogP contribution in [-0.4, -0.2) is 22.3 Å². The van der Waals surface area contributed by atoms with Gasteiger partial charge in [0.25, 0.3) is 0 Å². The lowest BCUT2D eigenvalue weighted by Crippen LogP contribution is -2.09. The minimum absolute atomic E-state index is 0.0314. The van der Waals surface area contributed by atoms with E-state index >= 15 is 0 Å². The van der Waals surface area contributed by atoms with Crippen molar-refractivity contribution in [2.45, 2.75) is 6.18 Å². The number of methoxy groups -OCH3 is 1. The third-order valence-corrected chi connectivity index (χ3v) is 3.83. The molecule has 0 spiro atoms. The Balaban J connectivity index is 2.08. The van der Waals surface area contributed by atoms with Crippen molar-refractivity contribution in [3.63, 3.8) is 0 Å². The van der Waals surface area contributed by atoms with Gasteiger partial charge in [-0.15, -0.1) is 5.10 Å². The first-order chi connectivity index (χ1) is 12.3. The molecule has 0 aliphatic rings. The maximum absolute atomic E-state index is 13.6. The second kappa shape index (κ2) is 6.75. The van der Waals surface area contributed by atoms with Crippen LogP contribution in [0.2, 0.25) is 5.02 Å². The lowest BCUT2D eigenvalue weighted by Gasteiger charge is -2.17. The first-order valence-electron chi connectivity index (χ1n) is 7.28. The number of H-pyrrole nitrogens is 1. The summed E-state index contributed by atoms with van der Waals surface area (Å²) < 4.78 is 45.9. The van der Waals surface area contributed by atoms with E-state index in [1.807, 2.05) is 0 Å². The second-order valence-electron chi connectivity index (χ2n) is 5.28. The van der Waals surface area contributed by atoms with Crippen LogP contribution in [0.4, 0.5) is 30.8 Å². The van der Waals surface area contributed by atoms with E-state index in [2.05, 4.69) is 20.5 Å². The van der Waals surface area contributed by atoms with E-state index in [-0.39, 0.29) is 28.2 Å². The van der Waals surface area contributed by atoms with Crippen molar-refractivity contribution in [1.29, 1.82) is 0 Å². The first-order valence-corrected chi connectivity index (χ1v) is 7.66. The number of ether oxygens (including phenoxy) is 1. The molecule has 0 saturated heterocycles. The molecule has 0 aliphatic heterocycles. The molecule has 0 saturated carbocycles. The summed E-state index contributed by atoms with van der Waals surface area (Å²) in [7, 11) is 1.47. The van der Waals surface area contributed by atoms with E-state index in [1.165, 1.54) is 25.3 Å². The Morgan fingerprint density at radius 3 is 2.42 bits per heavy atom. The van der Waals surface area contributed by atoms with Gasteiger partial charge in [0.05, 0.1) is 17.7 Å². The predicted octanol–water partition coefficient (Wildman–Crippen LogP) is 4.48. The third-order valence-electron chi connectivity index (χ3n) is 3.53. The van der Waals surface area contributed by atoms with Gasteiger partial charge in [-0.1, -0.05) is 23.7 Å². The lowest BCUT2D eigenvalue weighted by molar-refractivity contribution is -0.137. The number of anilines is 3. The van der Waals surface area contributed by atoms with E-state index in [1.54, 1.807) is 12.1 Å². The zero-order chi connectivity index (χ0) is 18.9. The molecule has 0 unspecified atom stereocenters. The van der Waals surface area contributed by atoms with Gasteiger partial charge in [-0.2, -0.15) is 18.2 Å². The van der Waals surface area contributed by atoms with Crippen LogP contribution >= 0.6 is 11.6 Å². The molecule has 10 heteroatoms. The molecule has 3 aromatic rings. The summed E-state index contributed by atoms with van der Waals surface area (Å²) in [6.45, 7) is 0. The van der Waals surface area contributed by atoms with Crippen LogP contribution in [0.3, 0.4) is 0 Å². The highest BCUT2D eigenvalue weighted by molar-refractivity contribution is 6.34. The predicted molar refractivity (Wildman–Crippen MR) is 92.5 cm³/mol. The normalized spacial score (nSPS) is 11.4. The average molecular weight is 384 g/mol. The highest BCUT2D eigenvalue weighted by Gasteiger charge is 2.35. The van der Waals surface area contributed by atoms with Gasteiger partial charge in [0, 0.05) is 11.3 Å². The zero-order valence-electron chi connectivity index (χ0n) is 13.4. The lowest BCUT2D eigenvalue weighted by atomic mass is 9.98. The summed E-state index contributed by atoms with van der Waals surface area (Å²) in [5.74, 6) is 0.590. The maximum Gasteiger partial charge on any atom is 0.417 e. The largest absolute Gasteiger partial charge is 0.497 e. The Bertz CT molecular complexity index is 925. The Morgan fingerprint density at radius 2 is 1.88 bits per heavy atom. The number of nitrogen functional groups attached to an aromatic ring is 1. The van der Waals surface area contributed by atoms with Crippen LogP contribution in [-0.2, 0) is 6.18 Å². The molecule has 0 bridgehead atoms. The van der Waals surface area contributed by atoms with Crippen molar-refractivity contribution in [2.75, 3.05) is 18.2 Å². The molecule has 1 aromatic heterocycles. The fraction of sp³-hybridized carbons (Fsp3) is 0.125. The van der Waals surface area contributed by atoms with Crippen LogP contribution in [0.5, 0.6) is 5.75 Å². The van der Waals surface area contributed by atoms with Crippen molar-refractivity contribution < 1.29 is 17.9 Å². The SMILES string of the molecule is COc1ccc(-c2c(Cl)cc(Nc3n[nH]c(N)n3)cc2C(F)(F)F)cc1. The Labute approximate surface area is 151 Å². The van der Waals surface area contributed by atoms with Crippen molar-refractivity contribution in [3.8, 4) is 16.9 Å². The van der Waals surface area contributed by atoms with Gasteiger partial charge in [-0.25, -0.2) is 5.10 Å². The summed E-state index contributed by atoms with van der Waals surface area (Å²) in [4.78, 5) is 3.79. The summed E-state index contributed by atoms with van der Waals surface area (Å²) >= 11 is 6.18. The Hall–Kier alpha value is -2.94. The number of nitrogens with two attached hydrogens (primary N) is 1. The van der Waals surface area contributed by atoms with Gasteiger partial charge in [0.1, 0.15) is 5.75 Å². The number of aromatic nitrogens is 3. The van der Waals surface area contributed by atoms with Crippen molar-refractivity contribution >= 4 is 29.2 Å². The van der Waals surface area contributed by atoms with Crippen LogP contribution < -0.4 is 15.8 Å². The molecule has 1 heterocycles. The number of hydrogen-bond acceptors (Lipinski definition) is 5. The maximum atomic E-state index is 13.6. The Morgan fingerprint density at radius 1 is 1.19 bits per heavy atom. The molecule has 0 fully saturated rings. The van der Waals surface area contributed by atoms with Gasteiger partial charge >= 0.3 is 6.18 Å². The molecular weight excluding hydrogens is 371 g/mol. The van der Waals surface area contributed by atoms with E-state index in [4.69, 9.17) is 22.1 Å². The van der Waals surface area contributed by atoms with Crippen molar-refractivity contribution in [1.82, 2.24) is 15.2 Å². The number of nitrogens with one attached hydrogen (secondary N) is 2. The molecule has 0 amide bonds. The summed E-state index contributed by atoms with van der Waals surface area (Å²) in [6.07, 6.45) is -4.62. The number of alkyl halides is 3. The van der Waals surface area contributed by atoms with E-state index in [9.17, 15) is 13.2 Å². The quantitative estimate of drug-likeness (QED) is 0.618. The molecule has 0 atom stereocenters. The molecule has 26 heavy (non-hydrogen) atoms. The second-order valence-corrected chi connectivity index (χ2v) is 5.68. The topological polar surface area (TPSA) is 88.8 Å². The van der Waals surface area contributed by atoms with Crippen LogP contribution in [0.25, 0.3) is 11.1 Å². The number of benzene rings is 2. The smallest absolute Gasteiger partial charge is 0.417 e. The molecular formula is C16H13ClF3N5O. The zero-order valence-corrected chi connectivity index (χ0v) is 14.1. The number of rotatable bonds is 4. The van der Waals surface area contributed by atoms with Gasteiger partial charge in [-0.3, -0.25) is 0 Å². The summed E-state index contributed by atoms with van der Waals surface area (Å²) in [5, 5.41) is 8.67. The first kappa shape index (κ1) is 17.9. The van der Waals surface area contributed by atoms with Crippen molar-refractivity contribution in [3.05, 3.63) is 47.0 Å². The highest BCUT2D eigenvalue weighted by atomic mass is 35.5. The number of aromatic amines is 1. The third kappa shape index (κ3) is 3.67. The van der Waals surface area contributed by atoms with E-state index in [0.29, 0.717) is 11.3 Å². The van der Waals surface area contributed by atoms with Gasteiger partial charge in [0.2, 0.25) is 11.9 Å².